The average Bonchev–Trinajstić information content (AvgIpc) is 2.88. The molecule has 0 aliphatic rings. The van der Waals surface area contributed by atoms with Crippen LogP contribution in [0.5, 0.6) is 0 Å². The third kappa shape index (κ3) is 4.73. The molecule has 0 saturated heterocycles. The molecule has 0 aliphatic heterocycles. The number of carbonyl (C=O) groups excluding carboxylic acids is 2. The summed E-state index contributed by atoms with van der Waals surface area (Å²) in [5, 5.41) is 7.08. The molecule has 1 atom stereocenters. The molecule has 0 radical (unpaired) electrons. The molecule has 1 N–H and O–H groups in total. The van der Waals surface area contributed by atoms with E-state index in [1.165, 1.54) is 6.92 Å². The molecule has 2 aromatic rings. The number of aromatic nitrogens is 2. The van der Waals surface area contributed by atoms with Crippen LogP contribution in [0.1, 0.15) is 34.1 Å². The van der Waals surface area contributed by atoms with Crippen molar-refractivity contribution < 1.29 is 14.3 Å². The Labute approximate surface area is 157 Å². The number of nitrogens with zero attached hydrogens (tertiary/aromatic N) is 2. The zero-order chi connectivity index (χ0) is 19.3. The van der Waals surface area contributed by atoms with Crippen molar-refractivity contribution in [3.8, 4) is 0 Å². The molecule has 138 valence electrons. The first-order valence-electron chi connectivity index (χ1n) is 8.21. The molecule has 0 saturated carbocycles. The highest BCUT2D eigenvalue weighted by atomic mass is 35.5. The highest BCUT2D eigenvalue weighted by molar-refractivity contribution is 6.32. The van der Waals surface area contributed by atoms with Gasteiger partial charge < -0.3 is 10.1 Å². The number of aryl methyl sites for hydroxylation is 2. The van der Waals surface area contributed by atoms with E-state index in [1.54, 1.807) is 17.7 Å². The zero-order valence-corrected chi connectivity index (χ0v) is 15.8. The van der Waals surface area contributed by atoms with Gasteiger partial charge in [0.05, 0.1) is 12.2 Å². The lowest BCUT2D eigenvalue weighted by atomic mass is 10.1. The SMILES string of the molecule is C=CCNC(=O)[C@H](C)OC(=O)c1c(C)nn(Cc2ccc(C)cc2)c1Cl. The summed E-state index contributed by atoms with van der Waals surface area (Å²) in [5.41, 5.74) is 2.79. The average molecular weight is 376 g/mol. The van der Waals surface area contributed by atoms with Gasteiger partial charge in [0.1, 0.15) is 10.7 Å². The van der Waals surface area contributed by atoms with Crippen LogP contribution in [0, 0.1) is 13.8 Å². The second-order valence-electron chi connectivity index (χ2n) is 5.98. The van der Waals surface area contributed by atoms with E-state index in [2.05, 4.69) is 17.0 Å². The predicted molar refractivity (Wildman–Crippen MR) is 100 cm³/mol. The second-order valence-corrected chi connectivity index (χ2v) is 6.33. The van der Waals surface area contributed by atoms with Crippen molar-refractivity contribution in [1.82, 2.24) is 15.1 Å². The number of nitrogens with one attached hydrogen (secondary N) is 1. The molecule has 1 aromatic heterocycles. The van der Waals surface area contributed by atoms with Crippen LogP contribution in [0.4, 0.5) is 0 Å². The monoisotopic (exact) mass is 375 g/mol. The van der Waals surface area contributed by atoms with Gasteiger partial charge in [-0.25, -0.2) is 9.48 Å². The minimum Gasteiger partial charge on any atom is -0.449 e. The van der Waals surface area contributed by atoms with Crippen molar-refractivity contribution in [3.05, 3.63) is 64.5 Å². The highest BCUT2D eigenvalue weighted by Gasteiger charge is 2.25. The molecular formula is C19H22ClN3O3. The second kappa shape index (κ2) is 8.67. The number of esters is 1. The van der Waals surface area contributed by atoms with Gasteiger partial charge in [-0.2, -0.15) is 5.10 Å². The standard InChI is InChI=1S/C19H22ClN3O3/c1-5-10-21-18(24)14(4)26-19(25)16-13(3)22-23(17(16)20)11-15-8-6-12(2)7-9-15/h5-9,14H,1,10-11H2,2-4H3,(H,21,24)/t14-/m0/s1. The maximum absolute atomic E-state index is 12.4. The molecule has 7 heteroatoms. The predicted octanol–water partition coefficient (Wildman–Crippen LogP) is 3.05. The van der Waals surface area contributed by atoms with E-state index < -0.39 is 18.0 Å². The smallest absolute Gasteiger partial charge is 0.343 e. The third-order valence-corrected chi connectivity index (χ3v) is 4.18. The van der Waals surface area contributed by atoms with Crippen molar-refractivity contribution in [2.75, 3.05) is 6.54 Å². The molecule has 26 heavy (non-hydrogen) atoms. The van der Waals surface area contributed by atoms with Crippen LogP contribution in [-0.4, -0.2) is 34.3 Å². The molecule has 0 bridgehead atoms. The Morgan fingerprint density at radius 3 is 2.62 bits per heavy atom. The number of amides is 1. The summed E-state index contributed by atoms with van der Waals surface area (Å²) in [5.74, 6) is -1.08. The highest BCUT2D eigenvalue weighted by Crippen LogP contribution is 2.22. The van der Waals surface area contributed by atoms with E-state index in [9.17, 15) is 9.59 Å². The van der Waals surface area contributed by atoms with Gasteiger partial charge in [-0.1, -0.05) is 47.5 Å². The lowest BCUT2D eigenvalue weighted by Gasteiger charge is -2.12. The maximum atomic E-state index is 12.4. The number of benzene rings is 1. The molecule has 0 aliphatic carbocycles. The van der Waals surface area contributed by atoms with E-state index in [0.717, 1.165) is 11.1 Å². The van der Waals surface area contributed by atoms with Gasteiger partial charge >= 0.3 is 5.97 Å². The largest absolute Gasteiger partial charge is 0.449 e. The first-order valence-corrected chi connectivity index (χ1v) is 8.59. The van der Waals surface area contributed by atoms with Crippen molar-refractivity contribution in [1.29, 1.82) is 0 Å². The summed E-state index contributed by atoms with van der Waals surface area (Å²) in [7, 11) is 0. The van der Waals surface area contributed by atoms with E-state index in [0.29, 0.717) is 18.8 Å². The number of hydrogen-bond acceptors (Lipinski definition) is 4. The summed E-state index contributed by atoms with van der Waals surface area (Å²) < 4.78 is 6.76. The van der Waals surface area contributed by atoms with Gasteiger partial charge in [0.2, 0.25) is 0 Å². The fourth-order valence-corrected chi connectivity index (χ4v) is 2.66. The summed E-state index contributed by atoms with van der Waals surface area (Å²) in [6.07, 6.45) is 0.598. The van der Waals surface area contributed by atoms with Crippen LogP contribution in [0.15, 0.2) is 36.9 Å². The summed E-state index contributed by atoms with van der Waals surface area (Å²) in [6, 6.07) is 7.95. The first kappa shape index (κ1) is 19.7. The van der Waals surface area contributed by atoms with Gasteiger partial charge in [0.15, 0.2) is 6.10 Å². The molecule has 0 fully saturated rings. The Morgan fingerprint density at radius 2 is 2.00 bits per heavy atom. The molecule has 0 spiro atoms. The normalized spacial score (nSPS) is 11.7. The van der Waals surface area contributed by atoms with Crippen LogP contribution in [-0.2, 0) is 16.1 Å². The lowest BCUT2D eigenvalue weighted by molar-refractivity contribution is -0.128. The van der Waals surface area contributed by atoms with Crippen LogP contribution >= 0.6 is 11.6 Å². The number of halogens is 1. The molecule has 0 unspecified atom stereocenters. The van der Waals surface area contributed by atoms with Crippen molar-refractivity contribution in [2.24, 2.45) is 0 Å². The van der Waals surface area contributed by atoms with Gasteiger partial charge in [0.25, 0.3) is 5.91 Å². The van der Waals surface area contributed by atoms with Gasteiger partial charge in [-0.05, 0) is 26.3 Å². The van der Waals surface area contributed by atoms with E-state index in [1.807, 2.05) is 31.2 Å². The van der Waals surface area contributed by atoms with Gasteiger partial charge in [0, 0.05) is 6.54 Å². The summed E-state index contributed by atoms with van der Waals surface area (Å²) in [6.45, 7) is 9.43. The molecule has 1 aromatic carbocycles. The van der Waals surface area contributed by atoms with E-state index in [-0.39, 0.29) is 10.7 Å². The Hall–Kier alpha value is -2.60. The fraction of sp³-hybridized carbons (Fsp3) is 0.316. The van der Waals surface area contributed by atoms with Gasteiger partial charge in [-0.15, -0.1) is 6.58 Å². The Kier molecular flexibility index (Phi) is 6.58. The fourth-order valence-electron chi connectivity index (χ4n) is 2.35. The number of rotatable bonds is 7. The minimum atomic E-state index is -0.946. The first-order chi connectivity index (χ1) is 12.3. The Morgan fingerprint density at radius 1 is 1.35 bits per heavy atom. The molecular weight excluding hydrogens is 354 g/mol. The van der Waals surface area contributed by atoms with Crippen LogP contribution < -0.4 is 5.32 Å². The van der Waals surface area contributed by atoms with Crippen molar-refractivity contribution in [2.45, 2.75) is 33.4 Å². The molecule has 1 amide bonds. The Balaban J connectivity index is 2.13. The van der Waals surface area contributed by atoms with Crippen LogP contribution in [0.2, 0.25) is 5.15 Å². The number of ether oxygens (including phenoxy) is 1. The topological polar surface area (TPSA) is 73.2 Å². The maximum Gasteiger partial charge on any atom is 0.343 e. The van der Waals surface area contributed by atoms with Gasteiger partial charge in [-0.3, -0.25) is 4.79 Å². The minimum absolute atomic E-state index is 0.169. The molecule has 1 heterocycles. The van der Waals surface area contributed by atoms with Crippen LogP contribution in [0.25, 0.3) is 0 Å². The van der Waals surface area contributed by atoms with E-state index >= 15 is 0 Å². The van der Waals surface area contributed by atoms with E-state index in [4.69, 9.17) is 16.3 Å². The quantitative estimate of drug-likeness (QED) is 0.596. The summed E-state index contributed by atoms with van der Waals surface area (Å²) >= 11 is 6.34. The molecule has 2 rings (SSSR count). The number of hydrogen-bond donors (Lipinski definition) is 1. The summed E-state index contributed by atoms with van der Waals surface area (Å²) in [4.78, 5) is 24.2. The van der Waals surface area contributed by atoms with Crippen molar-refractivity contribution >= 4 is 23.5 Å². The Bertz CT molecular complexity index is 812. The lowest BCUT2D eigenvalue weighted by Crippen LogP contribution is -2.35. The zero-order valence-electron chi connectivity index (χ0n) is 15.1. The van der Waals surface area contributed by atoms with Crippen LogP contribution in [0.3, 0.4) is 0 Å². The van der Waals surface area contributed by atoms with Crippen molar-refractivity contribution in [3.63, 3.8) is 0 Å². The third-order valence-electron chi connectivity index (χ3n) is 3.80. The number of carbonyl (C=O) groups is 2. The molecule has 6 nitrogen and oxygen atoms in total.